The van der Waals surface area contributed by atoms with Crippen molar-refractivity contribution >= 4 is 23.5 Å². The van der Waals surface area contributed by atoms with E-state index in [1.54, 1.807) is 31.2 Å². The molecule has 2 N–H and O–H groups in total. The number of likely N-dealkylation sites (tertiary alicyclic amines) is 1. The minimum absolute atomic E-state index is 0.254. The molecule has 0 aromatic heterocycles. The molecule has 1 fully saturated rings. The van der Waals surface area contributed by atoms with E-state index in [0.717, 1.165) is 5.56 Å². The number of carbonyl (C=O) groups excluding carboxylic acids is 2. The molecule has 0 radical (unpaired) electrons. The van der Waals surface area contributed by atoms with Crippen LogP contribution in [0.25, 0.3) is 0 Å². The molecule has 6 nitrogen and oxygen atoms in total. The van der Waals surface area contributed by atoms with Gasteiger partial charge < -0.3 is 15.3 Å². The summed E-state index contributed by atoms with van der Waals surface area (Å²) in [6.45, 7) is -0.0354. The zero-order valence-corrected chi connectivity index (χ0v) is 14.0. The fraction of sp³-hybridized carbons (Fsp3) is 0.471. The lowest BCUT2D eigenvalue weighted by molar-refractivity contribution is -0.157. The van der Waals surface area contributed by atoms with Gasteiger partial charge in [-0.3, -0.25) is 14.4 Å². The van der Waals surface area contributed by atoms with Gasteiger partial charge in [-0.15, -0.1) is 0 Å². The molecule has 1 heterocycles. The number of carbonyl (C=O) groups is 3. The molecule has 2 amide bonds. The number of nitrogens with zero attached hydrogens (tertiary/aromatic N) is 1. The zero-order valence-electron chi connectivity index (χ0n) is 14.0. The second-order valence-electron chi connectivity index (χ2n) is 6.42. The molecular weight excluding hydrogens is 353 g/mol. The van der Waals surface area contributed by atoms with E-state index in [0.29, 0.717) is 17.0 Å². The highest BCUT2D eigenvalue weighted by molar-refractivity contribution is 5.97. The van der Waals surface area contributed by atoms with Gasteiger partial charge in [0.15, 0.2) is 0 Å². The van der Waals surface area contributed by atoms with Crippen LogP contribution in [0.4, 0.5) is 18.9 Å². The number of alkyl halides is 3. The molecule has 0 aliphatic carbocycles. The number of aliphatic carboxylic acids is 1. The van der Waals surface area contributed by atoms with Gasteiger partial charge in [-0.05, 0) is 24.1 Å². The summed E-state index contributed by atoms with van der Waals surface area (Å²) in [6.07, 6.45) is -4.41. The second-order valence-corrected chi connectivity index (χ2v) is 6.42. The lowest BCUT2D eigenvalue weighted by Gasteiger charge is -2.18. The van der Waals surface area contributed by atoms with Gasteiger partial charge in [-0.2, -0.15) is 13.2 Å². The predicted molar refractivity (Wildman–Crippen MR) is 86.3 cm³/mol. The summed E-state index contributed by atoms with van der Waals surface area (Å²) in [5, 5.41) is 11.5. The first-order valence-corrected chi connectivity index (χ1v) is 8.02. The lowest BCUT2D eigenvalue weighted by atomic mass is 10.0. The third kappa shape index (κ3) is 5.47. The van der Waals surface area contributed by atoms with Crippen molar-refractivity contribution in [2.24, 2.45) is 11.8 Å². The number of carboxylic acid groups (broad SMARTS) is 1. The van der Waals surface area contributed by atoms with Crippen molar-refractivity contribution in [2.45, 2.75) is 25.9 Å². The fourth-order valence-electron chi connectivity index (χ4n) is 2.73. The Morgan fingerprint density at radius 1 is 1.31 bits per heavy atom. The molecule has 1 aliphatic heterocycles. The SMILES string of the molecule is CC(Cc1ccc(NC(=O)C2CC(=O)N(CC(F)(F)F)C2)cc1)C(=O)O. The van der Waals surface area contributed by atoms with E-state index in [2.05, 4.69) is 5.32 Å². The standard InChI is InChI=1S/C17H19F3N2O4/c1-10(16(25)26)6-11-2-4-13(5-3-11)21-15(24)12-7-14(23)22(8-12)9-17(18,19)20/h2-5,10,12H,6-9H2,1H3,(H,21,24)(H,25,26). The van der Waals surface area contributed by atoms with Crippen molar-refractivity contribution in [3.05, 3.63) is 29.8 Å². The maximum Gasteiger partial charge on any atom is 0.406 e. The van der Waals surface area contributed by atoms with Crippen LogP contribution >= 0.6 is 0 Å². The predicted octanol–water partition coefficient (Wildman–Crippen LogP) is 2.30. The molecule has 2 rings (SSSR count). The number of carboxylic acids is 1. The first kappa shape index (κ1) is 19.7. The Labute approximate surface area is 148 Å². The van der Waals surface area contributed by atoms with Crippen LogP contribution in [0, 0.1) is 11.8 Å². The number of hydrogen-bond acceptors (Lipinski definition) is 3. The molecule has 1 saturated heterocycles. The smallest absolute Gasteiger partial charge is 0.406 e. The van der Waals surface area contributed by atoms with Crippen LogP contribution in [0.1, 0.15) is 18.9 Å². The van der Waals surface area contributed by atoms with Gasteiger partial charge in [0.1, 0.15) is 6.54 Å². The molecule has 1 aliphatic rings. The van der Waals surface area contributed by atoms with E-state index < -0.39 is 42.3 Å². The van der Waals surface area contributed by atoms with Gasteiger partial charge in [-0.25, -0.2) is 0 Å². The summed E-state index contributed by atoms with van der Waals surface area (Å²) < 4.78 is 37.2. The fourth-order valence-corrected chi connectivity index (χ4v) is 2.73. The summed E-state index contributed by atoms with van der Waals surface area (Å²) >= 11 is 0. The largest absolute Gasteiger partial charge is 0.481 e. The molecule has 0 spiro atoms. The van der Waals surface area contributed by atoms with E-state index in [1.165, 1.54) is 0 Å². The first-order valence-electron chi connectivity index (χ1n) is 8.02. The van der Waals surface area contributed by atoms with Crippen LogP contribution in [0.2, 0.25) is 0 Å². The number of hydrogen-bond donors (Lipinski definition) is 2. The van der Waals surface area contributed by atoms with Gasteiger partial charge >= 0.3 is 12.1 Å². The number of amides is 2. The van der Waals surface area contributed by atoms with Crippen molar-refractivity contribution in [1.29, 1.82) is 0 Å². The second kappa shape index (κ2) is 7.76. The highest BCUT2D eigenvalue weighted by Crippen LogP contribution is 2.25. The summed E-state index contributed by atoms with van der Waals surface area (Å²) in [6, 6.07) is 6.52. The Morgan fingerprint density at radius 3 is 2.46 bits per heavy atom. The summed E-state index contributed by atoms with van der Waals surface area (Å²) in [7, 11) is 0. The molecule has 2 atom stereocenters. The van der Waals surface area contributed by atoms with Gasteiger partial charge in [0, 0.05) is 18.7 Å². The van der Waals surface area contributed by atoms with Crippen LogP contribution < -0.4 is 5.32 Å². The Kier molecular flexibility index (Phi) is 5.89. The topological polar surface area (TPSA) is 86.7 Å². The van der Waals surface area contributed by atoms with Crippen molar-refractivity contribution in [2.75, 3.05) is 18.4 Å². The van der Waals surface area contributed by atoms with Crippen LogP contribution in [0.15, 0.2) is 24.3 Å². The number of rotatable bonds is 6. The third-order valence-corrected chi connectivity index (χ3v) is 4.14. The zero-order chi connectivity index (χ0) is 19.5. The highest BCUT2D eigenvalue weighted by Gasteiger charge is 2.40. The maximum absolute atomic E-state index is 12.4. The minimum Gasteiger partial charge on any atom is -0.481 e. The molecular formula is C17H19F3N2O4. The normalized spacial score (nSPS) is 18.7. The molecule has 1 aromatic carbocycles. The van der Waals surface area contributed by atoms with E-state index in [4.69, 9.17) is 5.11 Å². The van der Waals surface area contributed by atoms with E-state index in [1.807, 2.05) is 0 Å². The third-order valence-electron chi connectivity index (χ3n) is 4.14. The summed E-state index contributed by atoms with van der Waals surface area (Å²) in [5.74, 6) is -3.50. The quantitative estimate of drug-likeness (QED) is 0.802. The minimum atomic E-state index is -4.50. The van der Waals surface area contributed by atoms with Gasteiger partial charge in [-0.1, -0.05) is 19.1 Å². The van der Waals surface area contributed by atoms with E-state index in [9.17, 15) is 27.6 Å². The van der Waals surface area contributed by atoms with Crippen LogP contribution in [0.3, 0.4) is 0 Å². The number of halogens is 3. The van der Waals surface area contributed by atoms with Crippen LogP contribution in [0.5, 0.6) is 0 Å². The molecule has 0 saturated carbocycles. The number of anilines is 1. The lowest BCUT2D eigenvalue weighted by Crippen LogP contribution is -2.36. The van der Waals surface area contributed by atoms with Crippen molar-refractivity contribution in [3.63, 3.8) is 0 Å². The molecule has 1 aromatic rings. The molecule has 26 heavy (non-hydrogen) atoms. The monoisotopic (exact) mass is 372 g/mol. The molecule has 0 bridgehead atoms. The van der Waals surface area contributed by atoms with Crippen LogP contribution in [-0.2, 0) is 20.8 Å². The summed E-state index contributed by atoms with van der Waals surface area (Å²) in [5.41, 5.74) is 1.22. The Hall–Kier alpha value is -2.58. The van der Waals surface area contributed by atoms with Gasteiger partial charge in [0.25, 0.3) is 0 Å². The number of benzene rings is 1. The molecule has 9 heteroatoms. The van der Waals surface area contributed by atoms with Crippen LogP contribution in [-0.4, -0.2) is 47.1 Å². The van der Waals surface area contributed by atoms with Crippen molar-refractivity contribution < 1.29 is 32.7 Å². The Balaban J connectivity index is 1.92. The van der Waals surface area contributed by atoms with E-state index >= 15 is 0 Å². The average molecular weight is 372 g/mol. The molecule has 142 valence electrons. The average Bonchev–Trinajstić information content (AvgIpc) is 2.88. The van der Waals surface area contributed by atoms with E-state index in [-0.39, 0.29) is 13.0 Å². The highest BCUT2D eigenvalue weighted by atomic mass is 19.4. The first-order chi connectivity index (χ1) is 12.0. The van der Waals surface area contributed by atoms with Crippen molar-refractivity contribution in [3.8, 4) is 0 Å². The van der Waals surface area contributed by atoms with Gasteiger partial charge in [0.2, 0.25) is 11.8 Å². The van der Waals surface area contributed by atoms with Crippen molar-refractivity contribution in [1.82, 2.24) is 4.90 Å². The number of nitrogens with one attached hydrogen (secondary N) is 1. The maximum atomic E-state index is 12.4. The van der Waals surface area contributed by atoms with Gasteiger partial charge in [0.05, 0.1) is 11.8 Å². The Bertz CT molecular complexity index is 688. The molecule has 2 unspecified atom stereocenters. The summed E-state index contributed by atoms with van der Waals surface area (Å²) in [4.78, 5) is 35.3. The Morgan fingerprint density at radius 2 is 1.92 bits per heavy atom.